The van der Waals surface area contributed by atoms with E-state index in [4.69, 9.17) is 9.57 Å². The Morgan fingerprint density at radius 3 is 2.78 bits per heavy atom. The van der Waals surface area contributed by atoms with E-state index >= 15 is 0 Å². The molecule has 0 amide bonds. The van der Waals surface area contributed by atoms with Gasteiger partial charge in [-0.25, -0.2) is 4.98 Å². The molecule has 0 aliphatic carbocycles. The Balaban J connectivity index is 2.85. The standard InChI is InChI=1S/C5H8N2O2/c1-8-5-6-3-4-7(5)9-2/h3-4H,1-2H3/p+1. The van der Waals surface area contributed by atoms with E-state index in [1.807, 2.05) is 0 Å². The van der Waals surface area contributed by atoms with Crippen LogP contribution in [0.1, 0.15) is 0 Å². The Bertz CT molecular complexity index is 166. The third-order valence-corrected chi connectivity index (χ3v) is 1.01. The molecule has 1 aromatic heterocycles. The zero-order valence-electron chi connectivity index (χ0n) is 5.42. The van der Waals surface area contributed by atoms with Crippen molar-refractivity contribution in [3.8, 4) is 6.01 Å². The number of hydrogen-bond donors (Lipinski definition) is 1. The first-order valence-electron chi connectivity index (χ1n) is 2.56. The molecule has 0 saturated heterocycles. The molecule has 1 aromatic rings. The van der Waals surface area contributed by atoms with Gasteiger partial charge in [0.25, 0.3) is 0 Å². The quantitative estimate of drug-likeness (QED) is 0.540. The minimum atomic E-state index is 0.581. The maximum atomic E-state index is 4.86. The first kappa shape index (κ1) is 5.94. The van der Waals surface area contributed by atoms with Crippen LogP contribution in [0, 0.1) is 0 Å². The summed E-state index contributed by atoms with van der Waals surface area (Å²) in [4.78, 5) is 7.66. The molecule has 0 aliphatic rings. The fourth-order valence-electron chi connectivity index (χ4n) is 0.600. The van der Waals surface area contributed by atoms with Crippen molar-refractivity contribution in [2.45, 2.75) is 0 Å². The second-order valence-electron chi connectivity index (χ2n) is 1.48. The summed E-state index contributed by atoms with van der Waals surface area (Å²) in [6.07, 6.45) is 3.45. The zero-order valence-corrected chi connectivity index (χ0v) is 5.42. The first-order valence-corrected chi connectivity index (χ1v) is 2.56. The number of ether oxygens (including phenoxy) is 1. The zero-order chi connectivity index (χ0) is 6.69. The van der Waals surface area contributed by atoms with Crippen molar-refractivity contribution in [2.75, 3.05) is 14.2 Å². The Morgan fingerprint density at radius 2 is 2.33 bits per heavy atom. The molecule has 0 spiro atoms. The minimum absolute atomic E-state index is 0.581. The molecule has 0 bridgehead atoms. The highest BCUT2D eigenvalue weighted by molar-refractivity contribution is 4.79. The highest BCUT2D eigenvalue weighted by Gasteiger charge is 2.08. The summed E-state index contributed by atoms with van der Waals surface area (Å²) in [7, 11) is 3.14. The maximum Gasteiger partial charge on any atom is 0.493 e. The topological polar surface area (TPSA) is 38.1 Å². The molecule has 0 saturated carbocycles. The number of H-pyrrole nitrogens is 1. The van der Waals surface area contributed by atoms with Crippen molar-refractivity contribution in [1.82, 2.24) is 4.98 Å². The molecule has 0 atom stereocenters. The average Bonchev–Trinajstić information content (AvgIpc) is 2.33. The van der Waals surface area contributed by atoms with E-state index in [1.54, 1.807) is 26.6 Å². The summed E-state index contributed by atoms with van der Waals surface area (Å²) in [5.41, 5.74) is 0. The second-order valence-corrected chi connectivity index (χ2v) is 1.48. The molecule has 0 unspecified atom stereocenters. The molecular weight excluding hydrogens is 120 g/mol. The molecule has 0 aliphatic heterocycles. The van der Waals surface area contributed by atoms with Crippen molar-refractivity contribution in [1.29, 1.82) is 0 Å². The highest BCUT2D eigenvalue weighted by Crippen LogP contribution is 1.91. The van der Waals surface area contributed by atoms with Gasteiger partial charge in [-0.2, -0.15) is 0 Å². The molecule has 0 radical (unpaired) electrons. The van der Waals surface area contributed by atoms with E-state index in [1.165, 1.54) is 4.73 Å². The number of rotatable bonds is 2. The summed E-state index contributed by atoms with van der Waals surface area (Å²) in [6, 6.07) is 0.581. The van der Waals surface area contributed by atoms with Crippen molar-refractivity contribution in [3.05, 3.63) is 12.4 Å². The van der Waals surface area contributed by atoms with Gasteiger partial charge in [0.1, 0.15) is 13.3 Å². The van der Waals surface area contributed by atoms with E-state index in [0.717, 1.165) is 0 Å². The van der Waals surface area contributed by atoms with E-state index in [0.29, 0.717) is 6.01 Å². The lowest BCUT2D eigenvalue weighted by Gasteiger charge is -1.91. The SMILES string of the molecule is COc1[nH]cc[n+]1OC. The first-order chi connectivity index (χ1) is 4.38. The molecule has 1 N–H and O–H groups in total. The Hall–Kier alpha value is -1.19. The van der Waals surface area contributed by atoms with Gasteiger partial charge in [0.05, 0.1) is 7.11 Å². The van der Waals surface area contributed by atoms with Crippen molar-refractivity contribution < 1.29 is 14.3 Å². The molecular formula is C5H9N2O2+. The number of hydrogen-bond acceptors (Lipinski definition) is 2. The molecule has 1 rings (SSSR count). The van der Waals surface area contributed by atoms with E-state index < -0.39 is 0 Å². The Labute approximate surface area is 53.0 Å². The van der Waals surface area contributed by atoms with Crippen LogP contribution >= 0.6 is 0 Å². The lowest BCUT2D eigenvalue weighted by atomic mass is 11.0. The van der Waals surface area contributed by atoms with E-state index in [9.17, 15) is 0 Å². The number of aromatic amines is 1. The van der Waals surface area contributed by atoms with Crippen LogP contribution in [0.15, 0.2) is 12.4 Å². The highest BCUT2D eigenvalue weighted by atomic mass is 16.7. The summed E-state index contributed by atoms with van der Waals surface area (Å²) in [5, 5.41) is 0. The molecule has 0 fully saturated rings. The Kier molecular flexibility index (Phi) is 1.58. The fourth-order valence-corrected chi connectivity index (χ4v) is 0.600. The number of nitrogens with zero attached hydrogens (tertiary/aromatic N) is 1. The van der Waals surface area contributed by atoms with Crippen LogP contribution in [-0.2, 0) is 0 Å². The number of methoxy groups -OCH3 is 1. The lowest BCUT2D eigenvalue weighted by Crippen LogP contribution is -2.39. The van der Waals surface area contributed by atoms with Crippen LogP contribution < -0.4 is 14.3 Å². The minimum Gasteiger partial charge on any atom is -0.432 e. The lowest BCUT2D eigenvalue weighted by molar-refractivity contribution is -0.886. The van der Waals surface area contributed by atoms with Crippen molar-refractivity contribution in [2.24, 2.45) is 0 Å². The Morgan fingerprint density at radius 1 is 1.56 bits per heavy atom. The fraction of sp³-hybridized carbons (Fsp3) is 0.400. The van der Waals surface area contributed by atoms with E-state index in [-0.39, 0.29) is 0 Å². The number of aromatic nitrogens is 2. The van der Waals surface area contributed by atoms with Gasteiger partial charge in [-0.15, -0.1) is 0 Å². The normalized spacial score (nSPS) is 9.11. The molecule has 0 aromatic carbocycles. The smallest absolute Gasteiger partial charge is 0.432 e. The van der Waals surface area contributed by atoms with Gasteiger partial charge in [-0.05, 0) is 4.73 Å². The third-order valence-electron chi connectivity index (χ3n) is 1.01. The van der Waals surface area contributed by atoms with Crippen molar-refractivity contribution >= 4 is 0 Å². The van der Waals surface area contributed by atoms with Gasteiger partial charge in [0, 0.05) is 0 Å². The van der Waals surface area contributed by atoms with Gasteiger partial charge < -0.3 is 9.57 Å². The predicted molar refractivity (Wildman–Crippen MR) is 30.0 cm³/mol. The van der Waals surface area contributed by atoms with Gasteiger partial charge in [0.2, 0.25) is 0 Å². The van der Waals surface area contributed by atoms with E-state index in [2.05, 4.69) is 4.98 Å². The molecule has 1 heterocycles. The van der Waals surface area contributed by atoms with Gasteiger partial charge in [-0.3, -0.25) is 0 Å². The third kappa shape index (κ3) is 0.960. The summed E-state index contributed by atoms with van der Waals surface area (Å²) < 4.78 is 6.34. The van der Waals surface area contributed by atoms with Crippen LogP contribution in [0.4, 0.5) is 0 Å². The maximum absolute atomic E-state index is 4.86. The largest absolute Gasteiger partial charge is 0.493 e. The summed E-state index contributed by atoms with van der Waals surface area (Å²) in [6.45, 7) is 0. The molecule has 4 heteroatoms. The van der Waals surface area contributed by atoms with Gasteiger partial charge >= 0.3 is 6.01 Å². The van der Waals surface area contributed by atoms with Crippen LogP contribution in [0.25, 0.3) is 0 Å². The average molecular weight is 129 g/mol. The monoisotopic (exact) mass is 129 g/mol. The van der Waals surface area contributed by atoms with Crippen LogP contribution in [0.3, 0.4) is 0 Å². The predicted octanol–water partition coefficient (Wildman–Crippen LogP) is -0.631. The van der Waals surface area contributed by atoms with Crippen LogP contribution in [0.2, 0.25) is 0 Å². The van der Waals surface area contributed by atoms with Gasteiger partial charge in [-0.1, -0.05) is 0 Å². The van der Waals surface area contributed by atoms with Crippen LogP contribution in [-0.4, -0.2) is 19.2 Å². The number of imidazole rings is 1. The van der Waals surface area contributed by atoms with Gasteiger partial charge in [0.15, 0.2) is 6.20 Å². The summed E-state index contributed by atoms with van der Waals surface area (Å²) >= 11 is 0. The summed E-state index contributed by atoms with van der Waals surface area (Å²) in [5.74, 6) is 0. The van der Waals surface area contributed by atoms with Crippen molar-refractivity contribution in [3.63, 3.8) is 0 Å². The molecule has 9 heavy (non-hydrogen) atoms. The molecule has 50 valence electrons. The molecule has 4 nitrogen and oxygen atoms in total. The second kappa shape index (κ2) is 2.39. The van der Waals surface area contributed by atoms with Crippen LogP contribution in [0.5, 0.6) is 6.01 Å². The number of nitrogens with one attached hydrogen (secondary N) is 1.